The molecule has 0 saturated carbocycles. The van der Waals surface area contributed by atoms with Gasteiger partial charge in [-0.3, -0.25) is 14.9 Å². The van der Waals surface area contributed by atoms with E-state index in [1.807, 2.05) is 20.8 Å². The van der Waals surface area contributed by atoms with Crippen molar-refractivity contribution in [1.82, 2.24) is 15.2 Å². The van der Waals surface area contributed by atoms with Crippen LogP contribution in [-0.2, 0) is 11.7 Å². The van der Waals surface area contributed by atoms with E-state index in [0.717, 1.165) is 30.0 Å². The normalized spacial score (nSPS) is 12.0. The van der Waals surface area contributed by atoms with Gasteiger partial charge in [-0.1, -0.05) is 0 Å². The maximum atomic E-state index is 12.7. The van der Waals surface area contributed by atoms with Crippen molar-refractivity contribution in [2.24, 2.45) is 5.73 Å². The number of benzene rings is 1. The van der Waals surface area contributed by atoms with Crippen LogP contribution in [0.25, 0.3) is 0 Å². The van der Waals surface area contributed by atoms with Crippen molar-refractivity contribution in [3.63, 3.8) is 0 Å². The van der Waals surface area contributed by atoms with Crippen LogP contribution >= 0.6 is 0 Å². The van der Waals surface area contributed by atoms with Gasteiger partial charge in [-0.25, -0.2) is 9.80 Å². The number of carbonyl (C=O) groups is 2. The second-order valence-corrected chi connectivity index (χ2v) is 6.91. The van der Waals surface area contributed by atoms with Gasteiger partial charge < -0.3 is 5.73 Å². The monoisotopic (exact) mass is 383 g/mol. The number of nitrogens with two attached hydrogens (primary N) is 1. The van der Waals surface area contributed by atoms with E-state index in [1.54, 1.807) is 11.6 Å². The number of urea groups is 1. The molecule has 0 aliphatic heterocycles. The van der Waals surface area contributed by atoms with Gasteiger partial charge in [-0.05, 0) is 58.0 Å². The van der Waals surface area contributed by atoms with Crippen molar-refractivity contribution in [3.05, 3.63) is 47.3 Å². The van der Waals surface area contributed by atoms with Crippen LogP contribution in [0.15, 0.2) is 30.3 Å². The largest absolute Gasteiger partial charge is 0.416 e. The molecular formula is C17H20F3N5O2. The highest BCUT2D eigenvalue weighted by Gasteiger charge is 2.30. The molecule has 0 saturated heterocycles. The van der Waals surface area contributed by atoms with Gasteiger partial charge in [0, 0.05) is 5.69 Å². The molecule has 0 bridgehead atoms. The molecule has 10 heteroatoms. The molecule has 3 N–H and O–H groups in total. The Labute approximate surface area is 153 Å². The van der Waals surface area contributed by atoms with E-state index >= 15 is 0 Å². The number of carbonyl (C=O) groups excluding carboxylic acids is 2. The van der Waals surface area contributed by atoms with Gasteiger partial charge >= 0.3 is 12.2 Å². The zero-order valence-corrected chi connectivity index (χ0v) is 15.3. The highest BCUT2D eigenvalue weighted by molar-refractivity contribution is 5.99. The fraction of sp³-hybridized carbons (Fsp3) is 0.353. The van der Waals surface area contributed by atoms with E-state index in [1.165, 1.54) is 6.07 Å². The predicted octanol–water partition coefficient (Wildman–Crippen LogP) is 3.20. The maximum Gasteiger partial charge on any atom is 0.416 e. The minimum Gasteiger partial charge on any atom is -0.350 e. The van der Waals surface area contributed by atoms with Crippen LogP contribution in [0.5, 0.6) is 0 Å². The quantitative estimate of drug-likeness (QED) is 0.780. The third-order valence-electron chi connectivity index (χ3n) is 3.64. The van der Waals surface area contributed by atoms with Crippen LogP contribution in [0.3, 0.4) is 0 Å². The van der Waals surface area contributed by atoms with Crippen molar-refractivity contribution in [1.29, 1.82) is 0 Å². The second-order valence-electron chi connectivity index (χ2n) is 6.91. The van der Waals surface area contributed by atoms with Crippen LogP contribution in [-0.4, -0.2) is 21.7 Å². The van der Waals surface area contributed by atoms with Crippen molar-refractivity contribution < 1.29 is 22.8 Å². The van der Waals surface area contributed by atoms with Crippen LogP contribution in [0, 0.1) is 6.92 Å². The highest BCUT2D eigenvalue weighted by atomic mass is 19.4. The summed E-state index contributed by atoms with van der Waals surface area (Å²) in [6.07, 6.45) is -4.52. The fourth-order valence-electron chi connectivity index (χ4n) is 2.47. The molecule has 0 aliphatic carbocycles. The molecule has 1 heterocycles. The van der Waals surface area contributed by atoms with E-state index < -0.39 is 23.7 Å². The molecule has 0 aliphatic rings. The van der Waals surface area contributed by atoms with Crippen molar-refractivity contribution >= 4 is 17.6 Å². The summed E-state index contributed by atoms with van der Waals surface area (Å²) in [5.41, 5.74) is 7.01. The summed E-state index contributed by atoms with van der Waals surface area (Å²) in [4.78, 5) is 24.1. The Morgan fingerprint density at radius 1 is 1.15 bits per heavy atom. The second kappa shape index (κ2) is 6.93. The zero-order chi connectivity index (χ0) is 20.6. The minimum atomic E-state index is -4.52. The summed E-state index contributed by atoms with van der Waals surface area (Å²) in [5, 5.41) is 4.87. The van der Waals surface area contributed by atoms with Crippen LogP contribution < -0.4 is 16.2 Å². The maximum absolute atomic E-state index is 12.7. The van der Waals surface area contributed by atoms with Gasteiger partial charge in [0.15, 0.2) is 5.69 Å². The number of halogens is 3. The summed E-state index contributed by atoms with van der Waals surface area (Å²) >= 11 is 0. The zero-order valence-electron chi connectivity index (χ0n) is 15.3. The van der Waals surface area contributed by atoms with Gasteiger partial charge in [0.1, 0.15) is 0 Å². The first-order chi connectivity index (χ1) is 12.3. The molecule has 0 fully saturated rings. The molecule has 7 nitrogen and oxygen atoms in total. The molecular weight excluding hydrogens is 363 g/mol. The first-order valence-corrected chi connectivity index (χ1v) is 7.95. The van der Waals surface area contributed by atoms with Crippen LogP contribution in [0.2, 0.25) is 0 Å². The van der Waals surface area contributed by atoms with Crippen molar-refractivity contribution in [3.8, 4) is 0 Å². The lowest BCUT2D eigenvalue weighted by Crippen LogP contribution is -2.49. The summed E-state index contributed by atoms with van der Waals surface area (Å²) in [7, 11) is 0. The SMILES string of the molecule is Cc1cc(C(=O)NN(C(N)=O)c2ccc(C(F)(F)F)cc2)nn1C(C)(C)C. The number of amides is 3. The fourth-order valence-corrected chi connectivity index (χ4v) is 2.47. The lowest BCUT2D eigenvalue weighted by Gasteiger charge is -2.22. The summed E-state index contributed by atoms with van der Waals surface area (Å²) in [6, 6.07) is 4.12. The van der Waals surface area contributed by atoms with E-state index in [9.17, 15) is 22.8 Å². The number of anilines is 1. The Morgan fingerprint density at radius 3 is 2.11 bits per heavy atom. The third-order valence-corrected chi connectivity index (χ3v) is 3.64. The van der Waals surface area contributed by atoms with E-state index in [4.69, 9.17) is 5.73 Å². The number of nitrogens with one attached hydrogen (secondary N) is 1. The molecule has 1 aromatic carbocycles. The average molecular weight is 383 g/mol. The number of primary amides is 1. The van der Waals surface area contributed by atoms with Gasteiger partial charge in [-0.2, -0.15) is 18.3 Å². The number of hydrazine groups is 1. The van der Waals surface area contributed by atoms with Crippen molar-refractivity contribution in [2.45, 2.75) is 39.4 Å². The Morgan fingerprint density at radius 2 is 1.70 bits per heavy atom. The summed E-state index contributed by atoms with van der Waals surface area (Å²) in [5.74, 6) is -0.722. The van der Waals surface area contributed by atoms with E-state index in [0.29, 0.717) is 5.01 Å². The molecule has 2 rings (SSSR count). The van der Waals surface area contributed by atoms with Crippen LogP contribution in [0.4, 0.5) is 23.7 Å². The van der Waals surface area contributed by atoms with E-state index in [2.05, 4.69) is 10.5 Å². The number of aryl methyl sites for hydroxylation is 1. The molecule has 146 valence electrons. The standard InChI is InChI=1S/C17H20F3N5O2/c1-10-9-13(22-25(10)16(2,3)4)14(26)23-24(15(21)27)12-7-5-11(6-8-12)17(18,19)20/h5-9H,1-4H3,(H2,21,27)(H,23,26). The Bertz CT molecular complexity index is 851. The lowest BCUT2D eigenvalue weighted by atomic mass is 10.1. The Hall–Kier alpha value is -3.04. The van der Waals surface area contributed by atoms with Gasteiger partial charge in [0.05, 0.1) is 16.8 Å². The Balaban J connectivity index is 2.26. The molecule has 0 atom stereocenters. The number of aromatic nitrogens is 2. The van der Waals surface area contributed by atoms with Gasteiger partial charge in [0.2, 0.25) is 0 Å². The summed E-state index contributed by atoms with van der Waals surface area (Å²) in [6.45, 7) is 7.50. The molecule has 2 aromatic rings. The number of hydrogen-bond donors (Lipinski definition) is 2. The van der Waals surface area contributed by atoms with Gasteiger partial charge in [0.25, 0.3) is 5.91 Å². The van der Waals surface area contributed by atoms with Crippen molar-refractivity contribution in [2.75, 3.05) is 5.01 Å². The highest BCUT2D eigenvalue weighted by Crippen LogP contribution is 2.30. The molecule has 1 aromatic heterocycles. The average Bonchev–Trinajstić information content (AvgIpc) is 2.93. The number of alkyl halides is 3. The number of hydrogen-bond acceptors (Lipinski definition) is 3. The first kappa shape index (κ1) is 20.3. The molecule has 0 radical (unpaired) electrons. The van der Waals surface area contributed by atoms with E-state index in [-0.39, 0.29) is 16.9 Å². The van der Waals surface area contributed by atoms with Gasteiger partial charge in [-0.15, -0.1) is 0 Å². The molecule has 0 spiro atoms. The number of nitrogens with zero attached hydrogens (tertiary/aromatic N) is 3. The molecule has 27 heavy (non-hydrogen) atoms. The number of rotatable bonds is 2. The minimum absolute atomic E-state index is 0.0178. The third kappa shape index (κ3) is 4.57. The first-order valence-electron chi connectivity index (χ1n) is 7.95. The topological polar surface area (TPSA) is 93.2 Å². The Kier molecular flexibility index (Phi) is 5.21. The summed E-state index contributed by atoms with van der Waals surface area (Å²) < 4.78 is 39.6. The van der Waals surface area contributed by atoms with Crippen LogP contribution in [0.1, 0.15) is 42.5 Å². The lowest BCUT2D eigenvalue weighted by molar-refractivity contribution is -0.137. The predicted molar refractivity (Wildman–Crippen MR) is 92.9 cm³/mol. The smallest absolute Gasteiger partial charge is 0.350 e. The molecule has 0 unspecified atom stereocenters. The molecule has 3 amide bonds.